The molecule has 0 unspecified atom stereocenters. The van der Waals surface area contributed by atoms with Crippen LogP contribution in [0.1, 0.15) is 6.92 Å². The van der Waals surface area contributed by atoms with E-state index in [2.05, 4.69) is 21.9 Å². The smallest absolute Gasteiger partial charge is 0.0876 e. The van der Waals surface area contributed by atoms with Crippen molar-refractivity contribution in [1.82, 2.24) is 0 Å². The second-order valence-corrected chi connectivity index (χ2v) is 0.816. The predicted octanol–water partition coefficient (Wildman–Crippen LogP) is 1.32. The van der Waals surface area contributed by atoms with E-state index in [0.29, 0.717) is 0 Å². The normalized spacial score (nSPS) is 5.29. The van der Waals surface area contributed by atoms with Crippen molar-refractivity contribution in [2.45, 2.75) is 6.92 Å². The van der Waals surface area contributed by atoms with Crippen molar-refractivity contribution < 1.29 is 0 Å². The molecule has 0 aliphatic heterocycles. The van der Waals surface area contributed by atoms with Crippen LogP contribution in [0, 0.1) is 11.8 Å². The number of nitrogens with zero attached hydrogens (tertiary/aromatic N) is 3. The summed E-state index contributed by atoms with van der Waals surface area (Å²) in [6.45, 7) is 1.99. The van der Waals surface area contributed by atoms with Gasteiger partial charge in [-0.1, -0.05) is 11.0 Å². The average molecular weight is 95.1 g/mol. The minimum absolute atomic E-state index is 0.285. The van der Waals surface area contributed by atoms with E-state index < -0.39 is 0 Å². The van der Waals surface area contributed by atoms with Crippen LogP contribution in [-0.4, -0.2) is 6.54 Å². The molecule has 0 aliphatic rings. The molecule has 0 heterocycles. The van der Waals surface area contributed by atoms with Gasteiger partial charge in [-0.2, -0.15) is 0 Å². The third kappa shape index (κ3) is 4.87. The summed E-state index contributed by atoms with van der Waals surface area (Å²) in [7, 11) is 0. The highest BCUT2D eigenvalue weighted by molar-refractivity contribution is 4.96. The minimum Gasteiger partial charge on any atom is -0.107 e. The lowest BCUT2D eigenvalue weighted by atomic mass is 10.6. The highest BCUT2D eigenvalue weighted by Crippen LogP contribution is 1.64. The number of hydrogen-bond donors (Lipinski definition) is 0. The van der Waals surface area contributed by atoms with Crippen molar-refractivity contribution in [3.05, 3.63) is 10.4 Å². The molecule has 0 saturated heterocycles. The van der Waals surface area contributed by atoms with Gasteiger partial charge in [0.25, 0.3) is 0 Å². The summed E-state index contributed by atoms with van der Waals surface area (Å²) in [5, 5.41) is 3.17. The molecule has 3 nitrogen and oxygen atoms in total. The third-order valence-electron chi connectivity index (χ3n) is 0.390. The van der Waals surface area contributed by atoms with E-state index >= 15 is 0 Å². The van der Waals surface area contributed by atoms with Crippen LogP contribution in [0.4, 0.5) is 0 Å². The predicted molar refractivity (Wildman–Crippen MR) is 27.5 cm³/mol. The summed E-state index contributed by atoms with van der Waals surface area (Å²) in [6.07, 6.45) is 0. The molecule has 0 amide bonds. The molecule has 0 aromatic heterocycles. The van der Waals surface area contributed by atoms with E-state index in [0.717, 1.165) is 0 Å². The summed E-state index contributed by atoms with van der Waals surface area (Å²) in [5.74, 6) is 5.17. The third-order valence-corrected chi connectivity index (χ3v) is 0.390. The minimum atomic E-state index is 0.285. The summed E-state index contributed by atoms with van der Waals surface area (Å²) in [6, 6.07) is 0. The SMILES string of the molecule is CC#CCN=[N+]=[N-]. The zero-order valence-corrected chi connectivity index (χ0v) is 4.05. The van der Waals surface area contributed by atoms with Crippen LogP contribution < -0.4 is 0 Å². The van der Waals surface area contributed by atoms with Crippen molar-refractivity contribution in [2.75, 3.05) is 6.54 Å². The molecule has 7 heavy (non-hydrogen) atoms. The van der Waals surface area contributed by atoms with Gasteiger partial charge in [-0.05, 0) is 12.5 Å². The lowest BCUT2D eigenvalue weighted by Gasteiger charge is -1.63. The standard InChI is InChI=1S/C4H5N3/c1-2-3-4-6-7-5/h4H2,1H3. The zero-order chi connectivity index (χ0) is 5.54. The number of hydrogen-bond acceptors (Lipinski definition) is 1. The first-order chi connectivity index (χ1) is 3.41. The summed E-state index contributed by atoms with van der Waals surface area (Å²) in [4.78, 5) is 2.50. The molecular formula is C4H5N3. The van der Waals surface area contributed by atoms with Crippen molar-refractivity contribution >= 4 is 0 Å². The van der Waals surface area contributed by atoms with E-state index in [9.17, 15) is 0 Å². The van der Waals surface area contributed by atoms with E-state index in [1.165, 1.54) is 0 Å². The van der Waals surface area contributed by atoms with Gasteiger partial charge in [-0.15, -0.1) is 5.92 Å². The maximum Gasteiger partial charge on any atom is 0.0876 e. The fraction of sp³-hybridized carbons (Fsp3) is 0.500. The molecule has 0 aromatic carbocycles. The largest absolute Gasteiger partial charge is 0.107 e. The molecule has 0 rings (SSSR count). The van der Waals surface area contributed by atoms with Gasteiger partial charge in [0.15, 0.2) is 0 Å². The molecule has 0 aliphatic carbocycles. The Morgan fingerprint density at radius 3 is 3.00 bits per heavy atom. The first-order valence-corrected chi connectivity index (χ1v) is 1.82. The first kappa shape index (κ1) is 5.87. The quantitative estimate of drug-likeness (QED) is 0.204. The van der Waals surface area contributed by atoms with E-state index in [4.69, 9.17) is 5.53 Å². The zero-order valence-electron chi connectivity index (χ0n) is 4.05. The van der Waals surface area contributed by atoms with E-state index in [1.54, 1.807) is 6.92 Å². The molecule has 0 spiro atoms. The van der Waals surface area contributed by atoms with Gasteiger partial charge in [0.2, 0.25) is 0 Å². The van der Waals surface area contributed by atoms with E-state index in [1.807, 2.05) is 0 Å². The van der Waals surface area contributed by atoms with Crippen LogP contribution in [0.5, 0.6) is 0 Å². The first-order valence-electron chi connectivity index (χ1n) is 1.82. The van der Waals surface area contributed by atoms with Crippen LogP contribution in [-0.2, 0) is 0 Å². The second kappa shape index (κ2) is 4.87. The Labute approximate surface area is 42.0 Å². The van der Waals surface area contributed by atoms with Gasteiger partial charge in [0, 0.05) is 4.91 Å². The Balaban J connectivity index is 3.27. The average Bonchev–Trinajstić information content (AvgIpc) is 1.69. The summed E-state index contributed by atoms with van der Waals surface area (Å²) >= 11 is 0. The highest BCUT2D eigenvalue weighted by Gasteiger charge is 1.60. The van der Waals surface area contributed by atoms with Gasteiger partial charge in [0.1, 0.15) is 0 Å². The maximum absolute atomic E-state index is 7.68. The van der Waals surface area contributed by atoms with Crippen LogP contribution in [0.25, 0.3) is 10.4 Å². The van der Waals surface area contributed by atoms with Gasteiger partial charge < -0.3 is 0 Å². The molecule has 0 bridgehead atoms. The molecule has 0 aromatic rings. The van der Waals surface area contributed by atoms with E-state index in [-0.39, 0.29) is 6.54 Å². The molecule has 3 heteroatoms. The summed E-state index contributed by atoms with van der Waals surface area (Å²) < 4.78 is 0. The monoisotopic (exact) mass is 95.0 g/mol. The Kier molecular flexibility index (Phi) is 4.08. The van der Waals surface area contributed by atoms with Gasteiger partial charge in [-0.25, -0.2) is 0 Å². The molecule has 0 saturated carbocycles. The highest BCUT2D eigenvalue weighted by atomic mass is 15.1. The van der Waals surface area contributed by atoms with Crippen molar-refractivity contribution in [3.63, 3.8) is 0 Å². The van der Waals surface area contributed by atoms with Crippen molar-refractivity contribution in [1.29, 1.82) is 0 Å². The Bertz CT molecular complexity index is 133. The lowest BCUT2D eigenvalue weighted by molar-refractivity contribution is 1.25. The van der Waals surface area contributed by atoms with Crippen LogP contribution in [0.3, 0.4) is 0 Å². The molecule has 0 radical (unpaired) electrons. The molecule has 36 valence electrons. The Morgan fingerprint density at radius 1 is 1.86 bits per heavy atom. The van der Waals surface area contributed by atoms with Crippen LogP contribution in [0.15, 0.2) is 5.11 Å². The fourth-order valence-electron chi connectivity index (χ4n) is 0.146. The molecule has 0 atom stereocenters. The van der Waals surface area contributed by atoms with Crippen LogP contribution in [0.2, 0.25) is 0 Å². The van der Waals surface area contributed by atoms with Crippen molar-refractivity contribution in [3.8, 4) is 11.8 Å². The molecule has 0 N–H and O–H groups in total. The lowest BCUT2D eigenvalue weighted by Crippen LogP contribution is -1.63. The topological polar surface area (TPSA) is 48.8 Å². The Morgan fingerprint density at radius 2 is 2.57 bits per heavy atom. The molecule has 0 fully saturated rings. The van der Waals surface area contributed by atoms with Gasteiger partial charge >= 0.3 is 0 Å². The maximum atomic E-state index is 7.68. The van der Waals surface area contributed by atoms with Gasteiger partial charge in [-0.3, -0.25) is 0 Å². The van der Waals surface area contributed by atoms with Crippen LogP contribution >= 0.6 is 0 Å². The second-order valence-electron chi connectivity index (χ2n) is 0.816. The Hall–Kier alpha value is -1.13. The molecular weight excluding hydrogens is 90.1 g/mol. The fourth-order valence-corrected chi connectivity index (χ4v) is 0.146. The van der Waals surface area contributed by atoms with Crippen molar-refractivity contribution in [2.24, 2.45) is 5.11 Å². The number of rotatable bonds is 1. The number of azide groups is 1. The van der Waals surface area contributed by atoms with Gasteiger partial charge in [0.05, 0.1) is 6.54 Å². The summed E-state index contributed by atoms with van der Waals surface area (Å²) in [5.41, 5.74) is 7.68.